The van der Waals surface area contributed by atoms with Crippen LogP contribution in [0.5, 0.6) is 0 Å². The molecule has 0 bridgehead atoms. The summed E-state index contributed by atoms with van der Waals surface area (Å²) in [5.74, 6) is -25.2. The van der Waals surface area contributed by atoms with Crippen LogP contribution in [0.2, 0.25) is 0 Å². The number of alkyl halides is 9. The molecule has 0 aliphatic heterocycles. The Morgan fingerprint density at radius 2 is 0.613 bits per heavy atom. The molecule has 31 heavy (non-hydrogen) atoms. The summed E-state index contributed by atoms with van der Waals surface area (Å²) in [6.45, 7) is 2.17. The lowest BCUT2D eigenvalue weighted by atomic mass is 9.90. The number of hydrogen-bond acceptors (Lipinski definition) is 0. The van der Waals surface area contributed by atoms with E-state index in [4.69, 9.17) is 0 Å². The Morgan fingerprint density at radius 1 is 0.355 bits per heavy atom. The van der Waals surface area contributed by atoms with E-state index in [9.17, 15) is 39.5 Å². The van der Waals surface area contributed by atoms with Crippen LogP contribution in [0.4, 0.5) is 39.5 Å². The highest BCUT2D eigenvalue weighted by Crippen LogP contribution is 2.70. The summed E-state index contributed by atoms with van der Waals surface area (Å²) in [5.41, 5.74) is -5.27. The summed E-state index contributed by atoms with van der Waals surface area (Å²) in [6, 6.07) is 0. The monoisotopic (exact) mass is 470 g/mol. The van der Waals surface area contributed by atoms with E-state index in [2.05, 4.69) is 6.92 Å². The van der Waals surface area contributed by atoms with Gasteiger partial charge in [-0.3, -0.25) is 0 Å². The molecular formula is C22H35F9. The molecule has 186 valence electrons. The average molecular weight is 471 g/mol. The molecule has 0 amide bonds. The molecule has 1 fully saturated rings. The van der Waals surface area contributed by atoms with Crippen molar-refractivity contribution in [3.63, 3.8) is 0 Å². The Bertz CT molecular complexity index is 491. The number of halogens is 9. The van der Waals surface area contributed by atoms with Gasteiger partial charge in [0.25, 0.3) is 0 Å². The van der Waals surface area contributed by atoms with Crippen molar-refractivity contribution in [2.75, 3.05) is 0 Å². The Morgan fingerprint density at radius 3 is 0.903 bits per heavy atom. The van der Waals surface area contributed by atoms with Gasteiger partial charge in [-0.2, -0.15) is 35.1 Å². The molecule has 1 aliphatic rings. The van der Waals surface area contributed by atoms with Gasteiger partial charge < -0.3 is 0 Å². The molecule has 0 heterocycles. The van der Waals surface area contributed by atoms with Gasteiger partial charge >= 0.3 is 23.7 Å². The maximum Gasteiger partial charge on any atom is 0.381 e. The van der Waals surface area contributed by atoms with Crippen LogP contribution in [-0.2, 0) is 0 Å². The molecule has 0 atom stereocenters. The zero-order valence-corrected chi connectivity index (χ0v) is 18.2. The van der Waals surface area contributed by atoms with Gasteiger partial charge in [-0.1, -0.05) is 96.8 Å². The second-order valence-electron chi connectivity index (χ2n) is 8.80. The van der Waals surface area contributed by atoms with Crippen LogP contribution in [-0.4, -0.2) is 29.4 Å². The van der Waals surface area contributed by atoms with Gasteiger partial charge in [0.1, 0.15) is 0 Å². The van der Waals surface area contributed by atoms with Gasteiger partial charge in [0.05, 0.1) is 0 Å². The molecule has 0 spiro atoms. The molecule has 0 radical (unpaired) electrons. The van der Waals surface area contributed by atoms with Gasteiger partial charge in [-0.25, -0.2) is 4.39 Å². The molecule has 9 heteroatoms. The second kappa shape index (κ2) is 11.5. The zero-order valence-electron chi connectivity index (χ0n) is 18.2. The topological polar surface area (TPSA) is 0 Å². The summed E-state index contributed by atoms with van der Waals surface area (Å²) in [7, 11) is 0. The maximum atomic E-state index is 14.3. The van der Waals surface area contributed by atoms with E-state index in [0.717, 1.165) is 25.7 Å². The number of hydrogen-bond donors (Lipinski definition) is 0. The Balaban J connectivity index is 2.20. The Hall–Kier alpha value is -0.630. The molecule has 1 rings (SSSR count). The minimum absolute atomic E-state index is 0.0345. The van der Waals surface area contributed by atoms with Crippen LogP contribution in [0, 0.1) is 0 Å². The minimum atomic E-state index is -6.45. The van der Waals surface area contributed by atoms with E-state index in [-0.39, 0.29) is 6.42 Å². The van der Waals surface area contributed by atoms with Crippen LogP contribution in [0.25, 0.3) is 0 Å². The molecule has 0 N–H and O–H groups in total. The van der Waals surface area contributed by atoms with E-state index < -0.39 is 42.2 Å². The predicted molar refractivity (Wildman–Crippen MR) is 103 cm³/mol. The van der Waals surface area contributed by atoms with Crippen molar-refractivity contribution in [3.05, 3.63) is 0 Å². The van der Waals surface area contributed by atoms with Gasteiger partial charge in [0.2, 0.25) is 5.67 Å². The smallest absolute Gasteiger partial charge is 0.230 e. The predicted octanol–water partition coefficient (Wildman–Crippen LogP) is 9.51. The third-order valence-corrected chi connectivity index (χ3v) is 6.30. The van der Waals surface area contributed by atoms with E-state index in [1.54, 1.807) is 0 Å². The summed E-state index contributed by atoms with van der Waals surface area (Å²) < 4.78 is 121. The largest absolute Gasteiger partial charge is 0.381 e. The van der Waals surface area contributed by atoms with E-state index >= 15 is 0 Å². The van der Waals surface area contributed by atoms with Crippen molar-refractivity contribution in [2.24, 2.45) is 0 Å². The molecule has 0 saturated heterocycles. The van der Waals surface area contributed by atoms with Crippen LogP contribution in [0.3, 0.4) is 0 Å². The lowest BCUT2D eigenvalue weighted by Gasteiger charge is -2.30. The fourth-order valence-electron chi connectivity index (χ4n) is 4.14. The SMILES string of the molecule is CCCCCCCCCCCCCCCCCC1(F)C(F)(F)C(F)(F)C(F)(F)C1(F)F. The molecular weight excluding hydrogens is 435 g/mol. The normalized spacial score (nSPS) is 22.6. The lowest BCUT2D eigenvalue weighted by molar-refractivity contribution is -0.303. The molecule has 0 aromatic rings. The van der Waals surface area contributed by atoms with Crippen LogP contribution in [0.15, 0.2) is 0 Å². The van der Waals surface area contributed by atoms with Crippen molar-refractivity contribution in [2.45, 2.75) is 139 Å². The zero-order chi connectivity index (χ0) is 23.8. The highest BCUT2D eigenvalue weighted by Gasteiger charge is 2.99. The van der Waals surface area contributed by atoms with E-state index in [1.807, 2.05) is 0 Å². The first-order chi connectivity index (χ1) is 14.3. The van der Waals surface area contributed by atoms with Gasteiger partial charge in [-0.15, -0.1) is 0 Å². The van der Waals surface area contributed by atoms with E-state index in [1.165, 1.54) is 44.9 Å². The van der Waals surface area contributed by atoms with E-state index in [0.29, 0.717) is 12.8 Å². The maximum absolute atomic E-state index is 14.3. The fourth-order valence-corrected chi connectivity index (χ4v) is 4.14. The van der Waals surface area contributed by atoms with Crippen molar-refractivity contribution in [1.29, 1.82) is 0 Å². The van der Waals surface area contributed by atoms with Crippen molar-refractivity contribution < 1.29 is 39.5 Å². The molecule has 1 saturated carbocycles. The third kappa shape index (κ3) is 5.66. The summed E-state index contributed by atoms with van der Waals surface area (Å²) >= 11 is 0. The van der Waals surface area contributed by atoms with Gasteiger partial charge in [0, 0.05) is 0 Å². The quantitative estimate of drug-likeness (QED) is 0.156. The van der Waals surface area contributed by atoms with Gasteiger partial charge in [0.15, 0.2) is 0 Å². The van der Waals surface area contributed by atoms with Crippen LogP contribution >= 0.6 is 0 Å². The highest BCUT2D eigenvalue weighted by molar-refractivity contribution is 5.26. The molecule has 0 nitrogen and oxygen atoms in total. The standard InChI is InChI=1S/C22H35F9/c1-2-3-4-5-6-7-8-9-10-11-12-13-14-15-16-17-18(23)19(24,25)21(28,29)22(30,31)20(18,26)27/h2-17H2,1H3. The average Bonchev–Trinajstić information content (AvgIpc) is 2.74. The van der Waals surface area contributed by atoms with Crippen molar-refractivity contribution in [3.8, 4) is 0 Å². The minimum Gasteiger partial charge on any atom is -0.230 e. The fraction of sp³-hybridized carbons (Fsp3) is 1.00. The van der Waals surface area contributed by atoms with Crippen LogP contribution < -0.4 is 0 Å². The molecule has 0 aromatic heterocycles. The summed E-state index contributed by atoms with van der Waals surface area (Å²) in [6.07, 6.45) is 11.4. The van der Waals surface area contributed by atoms with Gasteiger partial charge in [-0.05, 0) is 12.8 Å². The summed E-state index contributed by atoms with van der Waals surface area (Å²) in [4.78, 5) is 0. The molecule has 0 unspecified atom stereocenters. The number of unbranched alkanes of at least 4 members (excludes halogenated alkanes) is 14. The first-order valence-electron chi connectivity index (χ1n) is 11.5. The highest BCUT2D eigenvalue weighted by atomic mass is 19.4. The first-order valence-corrected chi connectivity index (χ1v) is 11.5. The van der Waals surface area contributed by atoms with Crippen molar-refractivity contribution >= 4 is 0 Å². The second-order valence-corrected chi connectivity index (χ2v) is 8.80. The Kier molecular flexibility index (Phi) is 10.5. The van der Waals surface area contributed by atoms with Crippen molar-refractivity contribution in [1.82, 2.24) is 0 Å². The molecule has 0 aromatic carbocycles. The lowest BCUT2D eigenvalue weighted by Crippen LogP contribution is -2.54. The molecule has 1 aliphatic carbocycles. The number of rotatable bonds is 16. The van der Waals surface area contributed by atoms with Crippen LogP contribution in [0.1, 0.15) is 110 Å². The summed E-state index contributed by atoms with van der Waals surface area (Å²) in [5, 5.41) is 0. The first kappa shape index (κ1) is 28.4. The Labute approximate surface area is 179 Å². The third-order valence-electron chi connectivity index (χ3n) is 6.30.